The molecular weight excluding hydrogens is 228 g/mol. The first kappa shape index (κ1) is 14.4. The number of pyridine rings is 1. The highest BCUT2D eigenvalue weighted by atomic mass is 16.1. The van der Waals surface area contributed by atoms with Gasteiger partial charge in [0.05, 0.1) is 0 Å². The third-order valence-electron chi connectivity index (χ3n) is 2.68. The van der Waals surface area contributed by atoms with Gasteiger partial charge in [0.2, 0.25) is 0 Å². The normalized spacial score (nSPS) is 10.1. The summed E-state index contributed by atoms with van der Waals surface area (Å²) in [6.07, 6.45) is 6.20. The third-order valence-corrected chi connectivity index (χ3v) is 2.68. The number of nitrogens with zero attached hydrogens (tertiary/aromatic N) is 1. The molecule has 1 heterocycles. The van der Waals surface area contributed by atoms with Crippen molar-refractivity contribution in [3.63, 3.8) is 0 Å². The van der Waals surface area contributed by atoms with Gasteiger partial charge in [0.25, 0.3) is 5.91 Å². The van der Waals surface area contributed by atoms with Crippen LogP contribution in [0.2, 0.25) is 0 Å². The van der Waals surface area contributed by atoms with Crippen molar-refractivity contribution in [2.45, 2.75) is 25.7 Å². The molecule has 1 rings (SSSR count). The molecule has 5 nitrogen and oxygen atoms in total. The van der Waals surface area contributed by atoms with E-state index in [-0.39, 0.29) is 5.91 Å². The van der Waals surface area contributed by atoms with Gasteiger partial charge in [-0.05, 0) is 31.5 Å². The van der Waals surface area contributed by atoms with E-state index >= 15 is 0 Å². The molecule has 0 fully saturated rings. The van der Waals surface area contributed by atoms with Gasteiger partial charge in [-0.25, -0.2) is 0 Å². The van der Waals surface area contributed by atoms with Crippen LogP contribution in [0.15, 0.2) is 18.3 Å². The highest BCUT2D eigenvalue weighted by molar-refractivity contribution is 5.92. The van der Waals surface area contributed by atoms with Gasteiger partial charge in [0.1, 0.15) is 5.69 Å². The molecular formula is C13H22N4O. The highest BCUT2D eigenvalue weighted by Crippen LogP contribution is 2.08. The predicted molar refractivity (Wildman–Crippen MR) is 73.6 cm³/mol. The number of amides is 1. The summed E-state index contributed by atoms with van der Waals surface area (Å²) >= 11 is 0. The van der Waals surface area contributed by atoms with Crippen LogP contribution in [-0.2, 0) is 0 Å². The minimum absolute atomic E-state index is 0.165. The predicted octanol–water partition coefficient (Wildman–Crippen LogP) is 1.37. The maximum atomic E-state index is 11.4. The van der Waals surface area contributed by atoms with Crippen LogP contribution in [-0.4, -0.2) is 31.0 Å². The van der Waals surface area contributed by atoms with Crippen molar-refractivity contribution in [1.82, 2.24) is 10.3 Å². The summed E-state index contributed by atoms with van der Waals surface area (Å²) in [4.78, 5) is 15.4. The first-order valence-electron chi connectivity index (χ1n) is 6.40. The Morgan fingerprint density at radius 2 is 2.11 bits per heavy atom. The third kappa shape index (κ3) is 5.14. The van der Waals surface area contributed by atoms with Crippen molar-refractivity contribution < 1.29 is 4.79 Å². The van der Waals surface area contributed by atoms with Gasteiger partial charge in [0.15, 0.2) is 0 Å². The Morgan fingerprint density at radius 1 is 1.33 bits per heavy atom. The van der Waals surface area contributed by atoms with Crippen LogP contribution in [0, 0.1) is 0 Å². The van der Waals surface area contributed by atoms with Gasteiger partial charge in [0, 0.05) is 25.5 Å². The number of anilines is 1. The first-order valence-corrected chi connectivity index (χ1v) is 6.40. The molecule has 0 saturated carbocycles. The fraction of sp³-hybridized carbons (Fsp3) is 0.538. The van der Waals surface area contributed by atoms with E-state index in [1.54, 1.807) is 19.3 Å². The number of rotatable bonds is 8. The van der Waals surface area contributed by atoms with Crippen molar-refractivity contribution in [2.24, 2.45) is 5.73 Å². The SMILES string of the molecule is CNC(=O)c1cc(NCCCCCCN)ccn1. The van der Waals surface area contributed by atoms with E-state index in [9.17, 15) is 4.79 Å². The number of nitrogens with one attached hydrogen (secondary N) is 2. The molecule has 0 radical (unpaired) electrons. The molecule has 0 saturated heterocycles. The van der Waals surface area contributed by atoms with Crippen LogP contribution < -0.4 is 16.4 Å². The summed E-state index contributed by atoms with van der Waals surface area (Å²) < 4.78 is 0. The molecule has 0 aliphatic carbocycles. The van der Waals surface area contributed by atoms with Crippen molar-refractivity contribution in [1.29, 1.82) is 0 Å². The number of hydrogen-bond acceptors (Lipinski definition) is 4. The minimum atomic E-state index is -0.165. The summed E-state index contributed by atoms with van der Waals surface area (Å²) in [5.74, 6) is -0.165. The summed E-state index contributed by atoms with van der Waals surface area (Å²) in [5, 5.41) is 5.85. The molecule has 0 aliphatic rings. The largest absolute Gasteiger partial charge is 0.385 e. The van der Waals surface area contributed by atoms with Gasteiger partial charge in [-0.1, -0.05) is 12.8 Å². The first-order chi connectivity index (χ1) is 8.77. The monoisotopic (exact) mass is 250 g/mol. The van der Waals surface area contributed by atoms with Crippen LogP contribution in [0.5, 0.6) is 0 Å². The van der Waals surface area contributed by atoms with Crippen molar-refractivity contribution in [3.8, 4) is 0 Å². The molecule has 0 spiro atoms. The maximum Gasteiger partial charge on any atom is 0.269 e. The number of carbonyl (C=O) groups excluding carboxylic acids is 1. The Balaban J connectivity index is 2.32. The molecule has 18 heavy (non-hydrogen) atoms. The van der Waals surface area contributed by atoms with E-state index in [0.717, 1.165) is 31.6 Å². The molecule has 0 atom stereocenters. The summed E-state index contributed by atoms with van der Waals surface area (Å²) in [5.41, 5.74) is 6.80. The zero-order valence-electron chi connectivity index (χ0n) is 10.9. The van der Waals surface area contributed by atoms with E-state index < -0.39 is 0 Å². The number of hydrogen-bond donors (Lipinski definition) is 3. The lowest BCUT2D eigenvalue weighted by molar-refractivity contribution is 0.0958. The standard InChI is InChI=1S/C13H22N4O/c1-15-13(18)12-10-11(6-9-17-12)16-8-5-3-2-4-7-14/h6,9-10H,2-5,7-8,14H2,1H3,(H,15,18)(H,16,17). The highest BCUT2D eigenvalue weighted by Gasteiger charge is 2.04. The number of carbonyl (C=O) groups is 1. The number of aromatic nitrogens is 1. The lowest BCUT2D eigenvalue weighted by Crippen LogP contribution is -2.19. The molecule has 1 amide bonds. The molecule has 5 heteroatoms. The van der Waals surface area contributed by atoms with E-state index in [1.807, 2.05) is 6.07 Å². The molecule has 0 aromatic carbocycles. The van der Waals surface area contributed by atoms with Crippen LogP contribution in [0.3, 0.4) is 0 Å². The second-order valence-corrected chi connectivity index (χ2v) is 4.14. The van der Waals surface area contributed by atoms with Crippen molar-refractivity contribution in [2.75, 3.05) is 25.5 Å². The lowest BCUT2D eigenvalue weighted by atomic mass is 10.2. The lowest BCUT2D eigenvalue weighted by Gasteiger charge is -2.07. The second-order valence-electron chi connectivity index (χ2n) is 4.14. The Morgan fingerprint density at radius 3 is 2.83 bits per heavy atom. The van der Waals surface area contributed by atoms with E-state index in [1.165, 1.54) is 12.8 Å². The molecule has 0 aliphatic heterocycles. The van der Waals surface area contributed by atoms with Gasteiger partial charge >= 0.3 is 0 Å². The molecule has 1 aromatic rings. The molecule has 4 N–H and O–H groups in total. The zero-order valence-corrected chi connectivity index (χ0v) is 10.9. The van der Waals surface area contributed by atoms with Gasteiger partial charge in [-0.15, -0.1) is 0 Å². The van der Waals surface area contributed by atoms with Crippen LogP contribution in [0.1, 0.15) is 36.2 Å². The van der Waals surface area contributed by atoms with E-state index in [4.69, 9.17) is 5.73 Å². The number of unbranched alkanes of at least 4 members (excludes halogenated alkanes) is 3. The Kier molecular flexibility index (Phi) is 6.79. The maximum absolute atomic E-state index is 11.4. The fourth-order valence-corrected chi connectivity index (χ4v) is 1.65. The average molecular weight is 250 g/mol. The summed E-state index contributed by atoms with van der Waals surface area (Å²) in [7, 11) is 1.60. The summed E-state index contributed by atoms with van der Waals surface area (Å²) in [6.45, 7) is 1.68. The van der Waals surface area contributed by atoms with Gasteiger partial charge in [-0.3, -0.25) is 9.78 Å². The Bertz CT molecular complexity index is 368. The van der Waals surface area contributed by atoms with E-state index in [2.05, 4.69) is 15.6 Å². The van der Waals surface area contributed by atoms with Crippen LogP contribution in [0.4, 0.5) is 5.69 Å². The zero-order chi connectivity index (χ0) is 13.2. The van der Waals surface area contributed by atoms with Crippen molar-refractivity contribution in [3.05, 3.63) is 24.0 Å². The minimum Gasteiger partial charge on any atom is -0.385 e. The molecule has 0 bridgehead atoms. The van der Waals surface area contributed by atoms with Crippen LogP contribution >= 0.6 is 0 Å². The average Bonchev–Trinajstić information content (AvgIpc) is 2.42. The van der Waals surface area contributed by atoms with E-state index in [0.29, 0.717) is 5.69 Å². The second kappa shape index (κ2) is 8.47. The quantitative estimate of drug-likeness (QED) is 0.609. The molecule has 100 valence electrons. The van der Waals surface area contributed by atoms with Crippen molar-refractivity contribution >= 4 is 11.6 Å². The topological polar surface area (TPSA) is 80.0 Å². The number of nitrogens with two attached hydrogens (primary N) is 1. The van der Waals surface area contributed by atoms with Gasteiger partial charge in [-0.2, -0.15) is 0 Å². The van der Waals surface area contributed by atoms with Crippen LogP contribution in [0.25, 0.3) is 0 Å². The Hall–Kier alpha value is -1.62. The molecule has 1 aromatic heterocycles. The smallest absolute Gasteiger partial charge is 0.269 e. The molecule has 0 unspecified atom stereocenters. The summed E-state index contributed by atoms with van der Waals surface area (Å²) in [6, 6.07) is 3.63. The fourth-order valence-electron chi connectivity index (χ4n) is 1.65. The van der Waals surface area contributed by atoms with Gasteiger partial charge < -0.3 is 16.4 Å². The Labute approximate surface area is 108 Å².